The van der Waals surface area contributed by atoms with Crippen LogP contribution in [0.25, 0.3) is 22.0 Å². The lowest BCUT2D eigenvalue weighted by Crippen LogP contribution is -2.23. The Bertz CT molecular complexity index is 1720. The van der Waals surface area contributed by atoms with E-state index in [1.165, 1.54) is 24.4 Å². The molecule has 0 spiro atoms. The summed E-state index contributed by atoms with van der Waals surface area (Å²) in [7, 11) is 0. The molecule has 4 aromatic carbocycles. The molecule has 0 atom stereocenters. The number of hydrogen-bond acceptors (Lipinski definition) is 3. The average molecular weight is 544 g/mol. The van der Waals surface area contributed by atoms with Crippen molar-refractivity contribution in [3.05, 3.63) is 131 Å². The molecule has 1 heterocycles. The summed E-state index contributed by atoms with van der Waals surface area (Å²) in [6.07, 6.45) is -3.06. The number of carbonyl (C=O) groups is 2. The zero-order valence-electron chi connectivity index (χ0n) is 20.8. The SMILES string of the molecule is O=C(NCc1ccccc1F)c1cnc2cc(NC(=O)c3ccccc3-c3ccc(C(F)(F)F)cc3)ccc2c1. The maximum Gasteiger partial charge on any atom is 0.416 e. The minimum Gasteiger partial charge on any atom is -0.348 e. The summed E-state index contributed by atoms with van der Waals surface area (Å²) in [5.41, 5.74) is 2.11. The molecule has 0 bridgehead atoms. The summed E-state index contributed by atoms with van der Waals surface area (Å²) in [5.74, 6) is -1.26. The molecule has 0 fully saturated rings. The van der Waals surface area contributed by atoms with Crippen molar-refractivity contribution in [2.24, 2.45) is 0 Å². The summed E-state index contributed by atoms with van der Waals surface area (Å²) in [4.78, 5) is 30.0. The molecule has 0 aliphatic rings. The van der Waals surface area contributed by atoms with Gasteiger partial charge in [-0.3, -0.25) is 14.6 Å². The summed E-state index contributed by atoms with van der Waals surface area (Å²) in [6.45, 7) is 0.0302. The third kappa shape index (κ3) is 5.83. The average Bonchev–Trinajstić information content (AvgIpc) is 2.96. The van der Waals surface area contributed by atoms with Crippen LogP contribution in [0.3, 0.4) is 0 Å². The Morgan fingerprint density at radius 3 is 2.27 bits per heavy atom. The molecule has 2 N–H and O–H groups in total. The summed E-state index contributed by atoms with van der Waals surface area (Å²) >= 11 is 0. The van der Waals surface area contributed by atoms with Crippen LogP contribution in [0.2, 0.25) is 0 Å². The molecule has 0 saturated carbocycles. The van der Waals surface area contributed by atoms with Crippen LogP contribution in [0.4, 0.5) is 23.2 Å². The Hall–Kier alpha value is -5.05. The number of hydrogen-bond donors (Lipinski definition) is 2. The summed E-state index contributed by atoms with van der Waals surface area (Å²) < 4.78 is 52.7. The van der Waals surface area contributed by atoms with Crippen LogP contribution in [0.5, 0.6) is 0 Å². The van der Waals surface area contributed by atoms with Gasteiger partial charge >= 0.3 is 6.18 Å². The normalized spacial score (nSPS) is 11.3. The van der Waals surface area contributed by atoms with Gasteiger partial charge in [0.25, 0.3) is 11.8 Å². The Kier molecular flexibility index (Phi) is 7.29. The van der Waals surface area contributed by atoms with E-state index in [0.29, 0.717) is 38.8 Å². The maximum atomic E-state index is 13.8. The highest BCUT2D eigenvalue weighted by Gasteiger charge is 2.30. The third-order valence-corrected chi connectivity index (χ3v) is 6.30. The molecule has 200 valence electrons. The van der Waals surface area contributed by atoms with Gasteiger partial charge in [0, 0.05) is 34.9 Å². The van der Waals surface area contributed by atoms with Crippen LogP contribution in [-0.2, 0) is 12.7 Å². The lowest BCUT2D eigenvalue weighted by molar-refractivity contribution is -0.137. The predicted octanol–water partition coefficient (Wildman–Crippen LogP) is 7.24. The fourth-order valence-electron chi connectivity index (χ4n) is 4.21. The first kappa shape index (κ1) is 26.6. The zero-order chi connectivity index (χ0) is 28.3. The first-order chi connectivity index (χ1) is 19.2. The molecule has 0 radical (unpaired) electrons. The lowest BCUT2D eigenvalue weighted by Gasteiger charge is -2.12. The van der Waals surface area contributed by atoms with Crippen molar-refractivity contribution in [3.63, 3.8) is 0 Å². The zero-order valence-corrected chi connectivity index (χ0v) is 20.8. The van der Waals surface area contributed by atoms with E-state index in [2.05, 4.69) is 15.6 Å². The minimum absolute atomic E-state index is 0.0302. The van der Waals surface area contributed by atoms with Gasteiger partial charge in [-0.2, -0.15) is 13.2 Å². The van der Waals surface area contributed by atoms with Crippen LogP contribution in [0, 0.1) is 5.82 Å². The van der Waals surface area contributed by atoms with Crippen LogP contribution >= 0.6 is 0 Å². The number of carbonyl (C=O) groups excluding carboxylic acids is 2. The number of pyridine rings is 1. The van der Waals surface area contributed by atoms with Gasteiger partial charge in [-0.1, -0.05) is 54.6 Å². The molecule has 0 aliphatic carbocycles. The van der Waals surface area contributed by atoms with Gasteiger partial charge in [0.05, 0.1) is 16.6 Å². The number of fused-ring (bicyclic) bond motifs is 1. The monoisotopic (exact) mass is 543 g/mol. The van der Waals surface area contributed by atoms with Gasteiger partial charge in [0.1, 0.15) is 5.82 Å². The number of rotatable bonds is 6. The second kappa shape index (κ2) is 11.0. The quantitative estimate of drug-likeness (QED) is 0.222. The van der Waals surface area contributed by atoms with Crippen molar-refractivity contribution in [3.8, 4) is 11.1 Å². The summed E-state index contributed by atoms with van der Waals surface area (Å²) in [6, 6.07) is 24.1. The van der Waals surface area contributed by atoms with Gasteiger partial charge in [0.2, 0.25) is 0 Å². The minimum atomic E-state index is -4.45. The topological polar surface area (TPSA) is 71.1 Å². The Balaban J connectivity index is 1.31. The van der Waals surface area contributed by atoms with Crippen molar-refractivity contribution in [1.82, 2.24) is 10.3 Å². The van der Waals surface area contributed by atoms with Gasteiger partial charge in [0.15, 0.2) is 0 Å². The van der Waals surface area contributed by atoms with Crippen LogP contribution in [0.1, 0.15) is 31.8 Å². The molecule has 40 heavy (non-hydrogen) atoms. The van der Waals surface area contributed by atoms with Gasteiger partial charge in [-0.25, -0.2) is 4.39 Å². The van der Waals surface area contributed by atoms with E-state index in [1.54, 1.807) is 66.7 Å². The second-order valence-corrected chi connectivity index (χ2v) is 8.98. The number of nitrogens with one attached hydrogen (secondary N) is 2. The number of alkyl halides is 3. The Morgan fingerprint density at radius 2 is 1.52 bits per heavy atom. The number of benzene rings is 4. The third-order valence-electron chi connectivity index (χ3n) is 6.30. The smallest absolute Gasteiger partial charge is 0.348 e. The van der Waals surface area contributed by atoms with Gasteiger partial charge in [-0.15, -0.1) is 0 Å². The highest BCUT2D eigenvalue weighted by Crippen LogP contribution is 2.32. The molecule has 9 heteroatoms. The standard InChI is InChI=1S/C31H21F4N3O2/c32-27-8-4-1-5-21(27)17-37-29(39)22-15-20-11-14-24(16-28(20)36-18-22)38-30(40)26-7-3-2-6-25(26)19-9-12-23(13-10-19)31(33,34)35/h1-16,18H,17H2,(H,37,39)(H,38,40). The highest BCUT2D eigenvalue weighted by atomic mass is 19.4. The first-order valence-electron chi connectivity index (χ1n) is 12.2. The van der Waals surface area contributed by atoms with E-state index in [-0.39, 0.29) is 12.1 Å². The van der Waals surface area contributed by atoms with Crippen molar-refractivity contribution in [1.29, 1.82) is 0 Å². The number of halogens is 4. The van der Waals surface area contributed by atoms with Crippen LogP contribution < -0.4 is 10.6 Å². The second-order valence-electron chi connectivity index (χ2n) is 8.98. The lowest BCUT2D eigenvalue weighted by atomic mass is 9.98. The molecule has 0 saturated heterocycles. The number of aromatic nitrogens is 1. The fourth-order valence-corrected chi connectivity index (χ4v) is 4.21. The Labute approximate surface area is 226 Å². The Morgan fingerprint density at radius 1 is 0.800 bits per heavy atom. The molecule has 0 aliphatic heterocycles. The summed E-state index contributed by atoms with van der Waals surface area (Å²) in [5, 5.41) is 6.13. The van der Waals surface area contributed by atoms with Crippen molar-refractivity contribution < 1.29 is 27.2 Å². The molecule has 5 nitrogen and oxygen atoms in total. The van der Waals surface area contributed by atoms with E-state index in [4.69, 9.17) is 0 Å². The number of anilines is 1. The predicted molar refractivity (Wildman–Crippen MR) is 144 cm³/mol. The van der Waals surface area contributed by atoms with Crippen molar-refractivity contribution in [2.75, 3.05) is 5.32 Å². The largest absolute Gasteiger partial charge is 0.416 e. The van der Waals surface area contributed by atoms with Gasteiger partial charge in [-0.05, 0) is 53.6 Å². The van der Waals surface area contributed by atoms with Crippen molar-refractivity contribution >= 4 is 28.4 Å². The molecule has 5 aromatic rings. The number of nitrogens with zero attached hydrogens (tertiary/aromatic N) is 1. The van der Waals surface area contributed by atoms with Gasteiger partial charge < -0.3 is 10.6 Å². The van der Waals surface area contributed by atoms with E-state index >= 15 is 0 Å². The molecule has 0 unspecified atom stereocenters. The first-order valence-corrected chi connectivity index (χ1v) is 12.2. The highest BCUT2D eigenvalue weighted by molar-refractivity contribution is 6.09. The molecule has 2 amide bonds. The molecular weight excluding hydrogens is 522 g/mol. The maximum absolute atomic E-state index is 13.8. The molecular formula is C31H21F4N3O2. The van der Waals surface area contributed by atoms with E-state index < -0.39 is 29.4 Å². The van der Waals surface area contributed by atoms with E-state index in [9.17, 15) is 27.2 Å². The fraction of sp³-hybridized carbons (Fsp3) is 0.0645. The van der Waals surface area contributed by atoms with Crippen LogP contribution in [0.15, 0.2) is 103 Å². The van der Waals surface area contributed by atoms with E-state index in [0.717, 1.165) is 12.1 Å². The van der Waals surface area contributed by atoms with Crippen molar-refractivity contribution in [2.45, 2.75) is 12.7 Å². The molecule has 1 aromatic heterocycles. The van der Waals surface area contributed by atoms with Crippen LogP contribution in [-0.4, -0.2) is 16.8 Å². The molecule has 5 rings (SSSR count). The van der Waals surface area contributed by atoms with E-state index in [1.807, 2.05) is 0 Å². The number of amides is 2.